The molecule has 1 N–H and O–H groups in total. The third kappa shape index (κ3) is 4.22. The number of aromatic nitrogens is 1. The van der Waals surface area contributed by atoms with Crippen molar-refractivity contribution in [3.63, 3.8) is 0 Å². The number of aromatic amines is 1. The molecule has 2 aromatic rings. The molecule has 0 unspecified atom stereocenters. The molecule has 0 saturated heterocycles. The molecule has 0 amide bonds. The smallest absolute Gasteiger partial charge is 0.431 e. The maximum atomic E-state index is 14.4. The standard InChI is InChI=1S/C15H10Cl3F4NOS/c1-6(25)24-12-2-7(10(19)3-9(12)18)13-8(4-16)14(15(20,21)22)23-11(13)5-17/h2-3,23H,4-5H2,1H3. The molecule has 0 radical (unpaired) electrons. The van der Waals surface area contributed by atoms with Crippen LogP contribution in [0.25, 0.3) is 11.1 Å². The number of rotatable bonds is 4. The lowest BCUT2D eigenvalue weighted by atomic mass is 10.00. The van der Waals surface area contributed by atoms with E-state index in [2.05, 4.69) is 4.98 Å². The van der Waals surface area contributed by atoms with Crippen LogP contribution in [0.4, 0.5) is 17.6 Å². The Balaban J connectivity index is 2.77. The number of nitrogens with one attached hydrogen (secondary N) is 1. The summed E-state index contributed by atoms with van der Waals surface area (Å²) in [7, 11) is 0. The van der Waals surface area contributed by atoms with Gasteiger partial charge in [0.1, 0.15) is 17.3 Å². The maximum Gasteiger partial charge on any atom is 0.431 e. The molecule has 0 aliphatic carbocycles. The van der Waals surface area contributed by atoms with Crippen molar-refractivity contribution < 1.29 is 22.3 Å². The molecule has 1 aromatic carbocycles. The normalized spacial score (nSPS) is 11.7. The molecular weight excluding hydrogens is 425 g/mol. The zero-order valence-corrected chi connectivity index (χ0v) is 15.6. The number of hydrogen-bond acceptors (Lipinski definition) is 2. The van der Waals surface area contributed by atoms with Crippen LogP contribution in [0.3, 0.4) is 0 Å². The van der Waals surface area contributed by atoms with E-state index in [1.54, 1.807) is 0 Å². The zero-order chi connectivity index (χ0) is 18.9. The fourth-order valence-electron chi connectivity index (χ4n) is 2.35. The Morgan fingerprint density at radius 3 is 2.36 bits per heavy atom. The molecule has 2 rings (SSSR count). The van der Waals surface area contributed by atoms with Crippen LogP contribution in [0.15, 0.2) is 12.1 Å². The van der Waals surface area contributed by atoms with Crippen molar-refractivity contribution in [1.82, 2.24) is 4.98 Å². The predicted octanol–water partition coefficient (Wildman–Crippen LogP) is 6.70. The molecule has 10 heteroatoms. The minimum atomic E-state index is -4.70. The van der Waals surface area contributed by atoms with Crippen molar-refractivity contribution in [2.24, 2.45) is 0 Å². The monoisotopic (exact) mass is 433 g/mol. The van der Waals surface area contributed by atoms with E-state index in [1.165, 1.54) is 13.0 Å². The number of hydrogen-bond donors (Lipinski definition) is 1. The number of halogens is 7. The van der Waals surface area contributed by atoms with Gasteiger partial charge in [-0.15, -0.1) is 23.2 Å². The highest BCUT2D eigenvalue weighted by Gasteiger charge is 2.38. The molecule has 0 aliphatic rings. The number of benzene rings is 1. The molecule has 136 valence electrons. The van der Waals surface area contributed by atoms with Crippen LogP contribution in [0.2, 0.25) is 5.02 Å². The van der Waals surface area contributed by atoms with Gasteiger partial charge in [0.25, 0.3) is 0 Å². The van der Waals surface area contributed by atoms with Gasteiger partial charge in [0.15, 0.2) is 5.05 Å². The topological polar surface area (TPSA) is 25.0 Å². The molecule has 1 heterocycles. The first kappa shape index (κ1) is 20.3. The van der Waals surface area contributed by atoms with E-state index in [1.807, 2.05) is 0 Å². The van der Waals surface area contributed by atoms with Crippen LogP contribution in [0, 0.1) is 5.82 Å². The van der Waals surface area contributed by atoms with E-state index in [-0.39, 0.29) is 44.1 Å². The molecule has 2 nitrogen and oxygen atoms in total. The van der Waals surface area contributed by atoms with Gasteiger partial charge in [-0.25, -0.2) is 4.39 Å². The highest BCUT2D eigenvalue weighted by molar-refractivity contribution is 7.80. The third-order valence-corrected chi connectivity index (χ3v) is 4.19. The average Bonchev–Trinajstić information content (AvgIpc) is 2.88. The van der Waals surface area contributed by atoms with Gasteiger partial charge >= 0.3 is 6.18 Å². The molecular formula is C15H10Cl3F4NOS. The summed E-state index contributed by atoms with van der Waals surface area (Å²) in [6, 6.07) is 2.10. The Bertz CT molecular complexity index is 820. The van der Waals surface area contributed by atoms with E-state index < -0.39 is 23.6 Å². The summed E-state index contributed by atoms with van der Waals surface area (Å²) in [6.45, 7) is 1.47. The molecule has 25 heavy (non-hydrogen) atoms. The molecule has 0 aliphatic heterocycles. The van der Waals surface area contributed by atoms with Crippen LogP contribution in [0.1, 0.15) is 23.9 Å². The second-order valence-corrected chi connectivity index (χ2v) is 6.47. The van der Waals surface area contributed by atoms with Gasteiger partial charge in [0.2, 0.25) is 0 Å². The second-order valence-electron chi connectivity index (χ2n) is 4.95. The molecule has 0 spiro atoms. The maximum absolute atomic E-state index is 14.4. The first-order chi connectivity index (χ1) is 11.6. The summed E-state index contributed by atoms with van der Waals surface area (Å²) < 4.78 is 59.3. The molecule has 1 aromatic heterocycles. The van der Waals surface area contributed by atoms with E-state index >= 15 is 0 Å². The first-order valence-corrected chi connectivity index (χ1v) is 8.56. The van der Waals surface area contributed by atoms with Crippen LogP contribution < -0.4 is 4.74 Å². The van der Waals surface area contributed by atoms with Gasteiger partial charge in [-0.05, 0) is 24.4 Å². The Kier molecular flexibility index (Phi) is 6.25. The van der Waals surface area contributed by atoms with Crippen LogP contribution in [-0.2, 0) is 17.9 Å². The number of thiocarbonyl (C=S) groups is 1. The SMILES string of the molecule is CC(=S)Oc1cc(-c2c(CCl)[nH]c(C(F)(F)F)c2CCl)c(F)cc1Cl. The van der Waals surface area contributed by atoms with Gasteiger partial charge in [0.05, 0.1) is 16.8 Å². The highest BCUT2D eigenvalue weighted by Crippen LogP contribution is 2.43. The van der Waals surface area contributed by atoms with Crippen LogP contribution in [-0.4, -0.2) is 10.0 Å². The first-order valence-electron chi connectivity index (χ1n) is 6.70. The predicted molar refractivity (Wildman–Crippen MR) is 94.2 cm³/mol. The van der Waals surface area contributed by atoms with Gasteiger partial charge < -0.3 is 9.72 Å². The van der Waals surface area contributed by atoms with Gasteiger partial charge in [0, 0.05) is 29.3 Å². The minimum Gasteiger partial charge on any atom is -0.449 e. The lowest BCUT2D eigenvalue weighted by Crippen LogP contribution is -2.08. The zero-order valence-electron chi connectivity index (χ0n) is 12.5. The Morgan fingerprint density at radius 2 is 1.88 bits per heavy atom. The fraction of sp³-hybridized carbons (Fsp3) is 0.267. The fourth-order valence-corrected chi connectivity index (χ4v) is 3.10. The lowest BCUT2D eigenvalue weighted by molar-refractivity contribution is -0.141. The summed E-state index contributed by atoms with van der Waals surface area (Å²) in [5.74, 6) is -1.63. The number of alkyl halides is 5. The summed E-state index contributed by atoms with van der Waals surface area (Å²) in [4.78, 5) is 2.18. The Hall–Kier alpha value is -1.02. The van der Waals surface area contributed by atoms with Crippen molar-refractivity contribution >= 4 is 52.1 Å². The summed E-state index contributed by atoms with van der Waals surface area (Å²) >= 11 is 22.1. The van der Waals surface area contributed by atoms with Crippen LogP contribution in [0.5, 0.6) is 5.75 Å². The van der Waals surface area contributed by atoms with Gasteiger partial charge in [-0.2, -0.15) is 13.2 Å². The third-order valence-electron chi connectivity index (χ3n) is 3.28. The number of ether oxygens (including phenoxy) is 1. The van der Waals surface area contributed by atoms with Crippen LogP contribution >= 0.6 is 47.0 Å². The minimum absolute atomic E-state index is 0.0152. The summed E-state index contributed by atoms with van der Waals surface area (Å²) in [6.07, 6.45) is -4.70. The van der Waals surface area contributed by atoms with E-state index in [0.29, 0.717) is 0 Å². The highest BCUT2D eigenvalue weighted by atomic mass is 35.5. The van der Waals surface area contributed by atoms with Crippen molar-refractivity contribution in [1.29, 1.82) is 0 Å². The van der Waals surface area contributed by atoms with Crippen molar-refractivity contribution in [2.75, 3.05) is 0 Å². The van der Waals surface area contributed by atoms with E-state index in [4.69, 9.17) is 51.8 Å². The lowest BCUT2D eigenvalue weighted by Gasteiger charge is -2.12. The molecule has 0 bridgehead atoms. The quantitative estimate of drug-likeness (QED) is 0.329. The largest absolute Gasteiger partial charge is 0.449 e. The molecule has 0 saturated carbocycles. The van der Waals surface area contributed by atoms with Crippen molar-refractivity contribution in [2.45, 2.75) is 24.9 Å². The van der Waals surface area contributed by atoms with Crippen molar-refractivity contribution in [3.8, 4) is 16.9 Å². The summed E-state index contributed by atoms with van der Waals surface area (Å²) in [5, 5.41) is 0.0384. The van der Waals surface area contributed by atoms with Gasteiger partial charge in [-0.3, -0.25) is 0 Å². The number of H-pyrrole nitrogens is 1. The Morgan fingerprint density at radius 1 is 1.24 bits per heavy atom. The average molecular weight is 435 g/mol. The van der Waals surface area contributed by atoms with Crippen molar-refractivity contribution in [3.05, 3.63) is 39.9 Å². The van der Waals surface area contributed by atoms with E-state index in [9.17, 15) is 17.6 Å². The summed E-state index contributed by atoms with van der Waals surface area (Å²) in [5.41, 5.74) is -1.64. The molecule has 0 atom stereocenters. The van der Waals surface area contributed by atoms with E-state index in [0.717, 1.165) is 6.07 Å². The molecule has 0 fully saturated rings. The Labute approximate surface area is 161 Å². The second kappa shape index (κ2) is 7.70. The van der Waals surface area contributed by atoms with Gasteiger partial charge in [-0.1, -0.05) is 11.6 Å².